The molecule has 1 fully saturated rings. The van der Waals surface area contributed by atoms with E-state index in [-0.39, 0.29) is 23.4 Å². The summed E-state index contributed by atoms with van der Waals surface area (Å²) in [6, 6.07) is 9.39. The van der Waals surface area contributed by atoms with E-state index in [1.54, 1.807) is 0 Å². The Morgan fingerprint density at radius 1 is 1.07 bits per heavy atom. The Balaban J connectivity index is 1.46. The maximum atomic E-state index is 13.8. The van der Waals surface area contributed by atoms with Gasteiger partial charge >= 0.3 is 12.2 Å². The molecule has 0 heterocycles. The summed E-state index contributed by atoms with van der Waals surface area (Å²) >= 11 is 0. The smallest absolute Gasteiger partial charge is 0.416 e. The molecule has 1 aliphatic carbocycles. The van der Waals surface area contributed by atoms with E-state index in [2.05, 4.69) is 10.6 Å². The highest BCUT2D eigenvalue weighted by Crippen LogP contribution is 2.31. The lowest BCUT2D eigenvalue weighted by molar-refractivity contribution is -0.137. The summed E-state index contributed by atoms with van der Waals surface area (Å²) in [7, 11) is 0. The number of benzene rings is 2. The molecule has 1 saturated carbocycles. The third kappa shape index (κ3) is 5.63. The van der Waals surface area contributed by atoms with E-state index >= 15 is 0 Å². The van der Waals surface area contributed by atoms with Crippen LogP contribution in [0.5, 0.6) is 5.75 Å². The Bertz CT molecular complexity index is 931. The molecule has 30 heavy (non-hydrogen) atoms. The molecule has 2 amide bonds. The van der Waals surface area contributed by atoms with Crippen LogP contribution in [0.25, 0.3) is 0 Å². The van der Waals surface area contributed by atoms with E-state index in [4.69, 9.17) is 10.00 Å². The second-order valence-electron chi connectivity index (χ2n) is 7.02. The molecule has 0 atom stereocenters. The first kappa shape index (κ1) is 21.4. The lowest BCUT2D eigenvalue weighted by Crippen LogP contribution is -2.41. The third-order valence-corrected chi connectivity index (χ3v) is 4.84. The van der Waals surface area contributed by atoms with E-state index in [9.17, 15) is 22.4 Å². The van der Waals surface area contributed by atoms with Gasteiger partial charge < -0.3 is 15.4 Å². The summed E-state index contributed by atoms with van der Waals surface area (Å²) in [5.41, 5.74) is -0.580. The van der Waals surface area contributed by atoms with Crippen molar-refractivity contribution in [1.82, 2.24) is 5.32 Å². The fraction of sp³-hybridized carbons (Fsp3) is 0.333. The van der Waals surface area contributed by atoms with Crippen LogP contribution in [-0.2, 0) is 6.18 Å². The van der Waals surface area contributed by atoms with Crippen LogP contribution in [0.15, 0.2) is 42.5 Å². The molecular weight excluding hydrogens is 402 g/mol. The molecule has 5 nitrogen and oxygen atoms in total. The van der Waals surface area contributed by atoms with Crippen molar-refractivity contribution in [3.05, 3.63) is 59.4 Å². The average molecular weight is 421 g/mol. The topological polar surface area (TPSA) is 74.2 Å². The van der Waals surface area contributed by atoms with Crippen LogP contribution >= 0.6 is 0 Å². The van der Waals surface area contributed by atoms with E-state index in [0.29, 0.717) is 31.4 Å². The lowest BCUT2D eigenvalue weighted by Gasteiger charge is -2.29. The van der Waals surface area contributed by atoms with Gasteiger partial charge in [-0.3, -0.25) is 0 Å². The largest absolute Gasteiger partial charge is 0.490 e. The summed E-state index contributed by atoms with van der Waals surface area (Å²) in [6.45, 7) is 0. The molecular formula is C21H19F4N3O2. The summed E-state index contributed by atoms with van der Waals surface area (Å²) in [6.07, 6.45) is -2.10. The van der Waals surface area contributed by atoms with Crippen molar-refractivity contribution in [2.24, 2.45) is 0 Å². The molecule has 2 aromatic rings. The molecule has 3 rings (SSSR count). The van der Waals surface area contributed by atoms with Crippen molar-refractivity contribution in [1.29, 1.82) is 5.26 Å². The van der Waals surface area contributed by atoms with Crippen molar-refractivity contribution >= 4 is 11.7 Å². The summed E-state index contributed by atoms with van der Waals surface area (Å²) in [5, 5.41) is 14.0. The minimum absolute atomic E-state index is 0.0779. The number of nitrogens with zero attached hydrogens (tertiary/aromatic N) is 1. The molecule has 0 radical (unpaired) electrons. The summed E-state index contributed by atoms with van der Waals surface area (Å²) < 4.78 is 57.3. The van der Waals surface area contributed by atoms with E-state index in [0.717, 1.165) is 18.2 Å². The number of alkyl halides is 3. The average Bonchev–Trinajstić information content (AvgIpc) is 2.71. The van der Waals surface area contributed by atoms with E-state index in [1.165, 1.54) is 24.3 Å². The number of carbonyl (C=O) groups excluding carboxylic acids is 1. The molecule has 2 N–H and O–H groups in total. The Hall–Kier alpha value is -3.28. The minimum atomic E-state index is -4.39. The number of ether oxygens (including phenoxy) is 1. The number of amides is 2. The first-order valence-corrected chi connectivity index (χ1v) is 9.35. The van der Waals surface area contributed by atoms with E-state index in [1.807, 2.05) is 6.07 Å². The van der Waals surface area contributed by atoms with Crippen LogP contribution in [0.2, 0.25) is 0 Å². The van der Waals surface area contributed by atoms with Crippen molar-refractivity contribution < 1.29 is 27.1 Å². The first-order valence-electron chi connectivity index (χ1n) is 9.35. The Labute approximate surface area is 170 Å². The van der Waals surface area contributed by atoms with Gasteiger partial charge in [0.25, 0.3) is 0 Å². The number of hydrogen-bond acceptors (Lipinski definition) is 3. The van der Waals surface area contributed by atoms with Gasteiger partial charge in [0, 0.05) is 6.04 Å². The standard InChI is InChI=1S/C21H19F4N3O2/c22-18-10-1-13(12-26)11-19(18)28-20(29)27-15-4-8-17(9-5-15)30-16-6-2-14(3-7-16)21(23,24)25/h1-3,6-7,10-11,15,17H,4-5,8-9H2,(H2,27,28,29). The minimum Gasteiger partial charge on any atom is -0.490 e. The molecule has 0 bridgehead atoms. The fourth-order valence-electron chi connectivity index (χ4n) is 3.27. The number of anilines is 1. The second-order valence-corrected chi connectivity index (χ2v) is 7.02. The first-order chi connectivity index (χ1) is 14.2. The molecule has 2 aromatic carbocycles. The fourth-order valence-corrected chi connectivity index (χ4v) is 3.27. The summed E-state index contributed by atoms with van der Waals surface area (Å²) in [4.78, 5) is 12.1. The van der Waals surface area contributed by atoms with Crippen LogP contribution in [0.4, 0.5) is 28.0 Å². The van der Waals surface area contributed by atoms with Gasteiger partial charge in [-0.1, -0.05) is 0 Å². The number of nitriles is 1. The maximum absolute atomic E-state index is 13.8. The van der Waals surface area contributed by atoms with Crippen LogP contribution in [-0.4, -0.2) is 18.2 Å². The molecule has 0 aliphatic heterocycles. The van der Waals surface area contributed by atoms with Gasteiger partial charge in [0.05, 0.1) is 29.0 Å². The van der Waals surface area contributed by atoms with Gasteiger partial charge in [0.1, 0.15) is 11.6 Å². The highest BCUT2D eigenvalue weighted by Gasteiger charge is 2.30. The van der Waals surface area contributed by atoms with Crippen LogP contribution in [0, 0.1) is 17.1 Å². The number of hydrogen-bond donors (Lipinski definition) is 2. The highest BCUT2D eigenvalue weighted by atomic mass is 19.4. The van der Waals surface area contributed by atoms with Gasteiger partial charge in [-0.2, -0.15) is 18.4 Å². The zero-order chi connectivity index (χ0) is 21.7. The number of carbonyl (C=O) groups is 1. The zero-order valence-electron chi connectivity index (χ0n) is 15.8. The van der Waals surface area contributed by atoms with Crippen molar-refractivity contribution in [2.75, 3.05) is 5.32 Å². The van der Waals surface area contributed by atoms with E-state index < -0.39 is 23.6 Å². The quantitative estimate of drug-likeness (QED) is 0.664. The van der Waals surface area contributed by atoms with Crippen LogP contribution in [0.1, 0.15) is 36.8 Å². The molecule has 1 aliphatic rings. The third-order valence-electron chi connectivity index (χ3n) is 4.84. The Morgan fingerprint density at radius 3 is 2.33 bits per heavy atom. The number of nitrogens with one attached hydrogen (secondary N) is 2. The number of urea groups is 1. The monoisotopic (exact) mass is 421 g/mol. The number of rotatable bonds is 4. The van der Waals surface area contributed by atoms with Gasteiger partial charge in [0.2, 0.25) is 0 Å². The lowest BCUT2D eigenvalue weighted by atomic mass is 9.93. The van der Waals surface area contributed by atoms with Crippen LogP contribution in [0.3, 0.4) is 0 Å². The van der Waals surface area contributed by atoms with Crippen molar-refractivity contribution in [3.63, 3.8) is 0 Å². The molecule has 0 saturated heterocycles. The normalized spacial score (nSPS) is 18.9. The predicted molar refractivity (Wildman–Crippen MR) is 101 cm³/mol. The van der Waals surface area contributed by atoms with Crippen LogP contribution < -0.4 is 15.4 Å². The molecule has 0 unspecified atom stereocenters. The molecule has 9 heteroatoms. The zero-order valence-corrected chi connectivity index (χ0v) is 15.8. The highest BCUT2D eigenvalue weighted by molar-refractivity contribution is 5.89. The Kier molecular flexibility index (Phi) is 6.45. The SMILES string of the molecule is N#Cc1ccc(F)c(NC(=O)NC2CCC(Oc3ccc(C(F)(F)F)cc3)CC2)c1. The maximum Gasteiger partial charge on any atom is 0.416 e. The van der Waals surface area contributed by atoms with Crippen molar-refractivity contribution in [2.45, 2.75) is 44.0 Å². The molecule has 158 valence electrons. The predicted octanol–water partition coefficient (Wildman–Crippen LogP) is 5.23. The van der Waals surface area contributed by atoms with Gasteiger partial charge in [-0.05, 0) is 68.1 Å². The van der Waals surface area contributed by atoms with Gasteiger partial charge in [-0.25, -0.2) is 9.18 Å². The Morgan fingerprint density at radius 2 is 1.73 bits per heavy atom. The van der Waals surface area contributed by atoms with Gasteiger partial charge in [-0.15, -0.1) is 0 Å². The molecule has 0 spiro atoms. The van der Waals surface area contributed by atoms with Gasteiger partial charge in [0.15, 0.2) is 0 Å². The molecule has 0 aromatic heterocycles. The summed E-state index contributed by atoms with van der Waals surface area (Å²) in [5.74, 6) is -0.275. The second kappa shape index (κ2) is 9.03. The van der Waals surface area contributed by atoms with Crippen molar-refractivity contribution in [3.8, 4) is 11.8 Å². The number of halogens is 4.